The molecule has 2 N–H and O–H groups in total. The van der Waals surface area contributed by atoms with Crippen molar-refractivity contribution in [1.82, 2.24) is 5.16 Å². The summed E-state index contributed by atoms with van der Waals surface area (Å²) in [5.41, 5.74) is 6.60. The van der Waals surface area contributed by atoms with Gasteiger partial charge in [0, 0.05) is 17.7 Å². The van der Waals surface area contributed by atoms with E-state index < -0.39 is 11.6 Å². The molecule has 5 heteroatoms. The molecule has 2 aromatic rings. The van der Waals surface area contributed by atoms with E-state index in [0.717, 1.165) is 18.9 Å². The molecular weight excluding hydrogens is 238 g/mol. The van der Waals surface area contributed by atoms with Crippen LogP contribution in [0.4, 0.5) is 8.78 Å². The number of aromatic nitrogens is 1. The molecule has 0 amide bonds. The van der Waals surface area contributed by atoms with E-state index in [1.165, 1.54) is 12.1 Å². The molecule has 1 unspecified atom stereocenters. The van der Waals surface area contributed by atoms with Crippen LogP contribution in [-0.4, -0.2) is 5.16 Å². The van der Waals surface area contributed by atoms with Crippen molar-refractivity contribution in [2.24, 2.45) is 5.73 Å². The van der Waals surface area contributed by atoms with Crippen LogP contribution in [0.3, 0.4) is 0 Å². The molecule has 0 aliphatic carbocycles. The van der Waals surface area contributed by atoms with Gasteiger partial charge in [-0.15, -0.1) is 0 Å². The lowest BCUT2D eigenvalue weighted by molar-refractivity contribution is 0.356. The van der Waals surface area contributed by atoms with Crippen LogP contribution >= 0.6 is 0 Å². The number of rotatable bonds is 4. The third-order valence-electron chi connectivity index (χ3n) is 2.65. The summed E-state index contributed by atoms with van der Waals surface area (Å²) in [6.45, 7) is 2.01. The molecule has 1 atom stereocenters. The van der Waals surface area contributed by atoms with Crippen molar-refractivity contribution in [3.63, 3.8) is 0 Å². The van der Waals surface area contributed by atoms with Crippen LogP contribution in [-0.2, 0) is 0 Å². The summed E-state index contributed by atoms with van der Waals surface area (Å²) in [4.78, 5) is 0. The predicted molar refractivity (Wildman–Crippen MR) is 63.7 cm³/mol. The zero-order valence-electron chi connectivity index (χ0n) is 9.99. The van der Waals surface area contributed by atoms with Crippen molar-refractivity contribution in [1.29, 1.82) is 0 Å². The Morgan fingerprint density at radius 3 is 2.50 bits per heavy atom. The Labute approximate surface area is 104 Å². The quantitative estimate of drug-likeness (QED) is 0.907. The van der Waals surface area contributed by atoms with Gasteiger partial charge < -0.3 is 10.3 Å². The van der Waals surface area contributed by atoms with Gasteiger partial charge in [0.2, 0.25) is 0 Å². The second kappa shape index (κ2) is 5.27. The van der Waals surface area contributed by atoms with E-state index in [-0.39, 0.29) is 6.04 Å². The van der Waals surface area contributed by atoms with Crippen molar-refractivity contribution in [2.75, 3.05) is 0 Å². The minimum absolute atomic E-state index is 0.241. The Kier molecular flexibility index (Phi) is 3.72. The first-order valence-electron chi connectivity index (χ1n) is 5.79. The van der Waals surface area contributed by atoms with Gasteiger partial charge in [-0.25, -0.2) is 8.78 Å². The maximum Gasteiger partial charge on any atom is 0.154 e. The first-order valence-corrected chi connectivity index (χ1v) is 5.79. The zero-order chi connectivity index (χ0) is 13.1. The van der Waals surface area contributed by atoms with Gasteiger partial charge in [0.15, 0.2) is 5.76 Å². The van der Waals surface area contributed by atoms with Crippen LogP contribution < -0.4 is 5.73 Å². The van der Waals surface area contributed by atoms with Gasteiger partial charge in [-0.1, -0.05) is 18.5 Å². The fourth-order valence-electron chi connectivity index (χ4n) is 1.76. The minimum Gasteiger partial charge on any atom is -0.359 e. The van der Waals surface area contributed by atoms with E-state index in [2.05, 4.69) is 5.16 Å². The van der Waals surface area contributed by atoms with E-state index in [9.17, 15) is 8.78 Å². The van der Waals surface area contributed by atoms with Crippen LogP contribution in [0.25, 0.3) is 11.3 Å². The molecule has 96 valence electrons. The monoisotopic (exact) mass is 252 g/mol. The van der Waals surface area contributed by atoms with E-state index in [1.807, 2.05) is 6.92 Å². The van der Waals surface area contributed by atoms with Crippen molar-refractivity contribution >= 4 is 0 Å². The lowest BCUT2D eigenvalue weighted by Gasteiger charge is -2.03. The van der Waals surface area contributed by atoms with Gasteiger partial charge in [0.25, 0.3) is 0 Å². The average Bonchev–Trinajstić information content (AvgIpc) is 2.77. The molecule has 18 heavy (non-hydrogen) atoms. The van der Waals surface area contributed by atoms with Gasteiger partial charge in [0.1, 0.15) is 17.3 Å². The molecule has 0 radical (unpaired) electrons. The summed E-state index contributed by atoms with van der Waals surface area (Å²) < 4.78 is 31.2. The smallest absolute Gasteiger partial charge is 0.154 e. The van der Waals surface area contributed by atoms with E-state index >= 15 is 0 Å². The van der Waals surface area contributed by atoms with Gasteiger partial charge in [-0.2, -0.15) is 0 Å². The number of nitrogens with two attached hydrogens (primary N) is 1. The first-order chi connectivity index (χ1) is 8.60. The number of halogens is 2. The summed E-state index contributed by atoms with van der Waals surface area (Å²) in [5.74, 6) is -0.767. The molecule has 1 heterocycles. The zero-order valence-corrected chi connectivity index (χ0v) is 9.99. The maximum atomic E-state index is 13.1. The van der Waals surface area contributed by atoms with Gasteiger partial charge in [0.05, 0.1) is 6.04 Å². The number of hydrogen-bond acceptors (Lipinski definition) is 3. The van der Waals surface area contributed by atoms with E-state index in [0.29, 0.717) is 17.0 Å². The Bertz CT molecular complexity index is 519. The molecule has 0 bridgehead atoms. The Hall–Kier alpha value is -1.75. The summed E-state index contributed by atoms with van der Waals surface area (Å²) in [6.07, 6.45) is 1.69. The average molecular weight is 252 g/mol. The number of benzene rings is 1. The van der Waals surface area contributed by atoms with E-state index in [4.69, 9.17) is 10.3 Å². The van der Waals surface area contributed by atoms with Gasteiger partial charge in [-0.3, -0.25) is 0 Å². The highest BCUT2D eigenvalue weighted by Gasteiger charge is 2.14. The molecule has 0 spiro atoms. The minimum atomic E-state index is -0.646. The molecule has 0 aliphatic rings. The second-order valence-corrected chi connectivity index (χ2v) is 4.17. The number of nitrogens with zero attached hydrogens (tertiary/aromatic N) is 1. The lowest BCUT2D eigenvalue weighted by Crippen LogP contribution is -2.08. The molecule has 3 nitrogen and oxygen atoms in total. The van der Waals surface area contributed by atoms with Gasteiger partial charge in [-0.05, 0) is 18.6 Å². The van der Waals surface area contributed by atoms with E-state index in [1.54, 1.807) is 6.07 Å². The van der Waals surface area contributed by atoms with Crippen molar-refractivity contribution in [2.45, 2.75) is 25.8 Å². The molecule has 0 fully saturated rings. The fraction of sp³-hybridized carbons (Fsp3) is 0.308. The predicted octanol–water partition coefficient (Wildman–Crippen LogP) is 3.42. The van der Waals surface area contributed by atoms with Crippen LogP contribution in [0.15, 0.2) is 28.8 Å². The summed E-state index contributed by atoms with van der Waals surface area (Å²) in [7, 11) is 0. The standard InChI is InChI=1S/C13H14F2N2O/c1-2-3-11(16)13-7-12(17-18-13)8-4-9(14)6-10(15)5-8/h4-7,11H,2-3,16H2,1H3. The largest absolute Gasteiger partial charge is 0.359 e. The molecule has 0 saturated carbocycles. The second-order valence-electron chi connectivity index (χ2n) is 4.17. The van der Waals surface area contributed by atoms with Crippen molar-refractivity contribution in [3.05, 3.63) is 41.7 Å². The van der Waals surface area contributed by atoms with Crippen LogP contribution in [0, 0.1) is 11.6 Å². The lowest BCUT2D eigenvalue weighted by atomic mass is 10.1. The maximum absolute atomic E-state index is 13.1. The molecule has 2 rings (SSSR count). The summed E-state index contributed by atoms with van der Waals surface area (Å²) in [6, 6.07) is 4.60. The first kappa shape index (κ1) is 12.7. The van der Waals surface area contributed by atoms with Crippen molar-refractivity contribution < 1.29 is 13.3 Å². The van der Waals surface area contributed by atoms with Crippen molar-refractivity contribution in [3.8, 4) is 11.3 Å². The Morgan fingerprint density at radius 2 is 1.89 bits per heavy atom. The Balaban J connectivity index is 2.29. The fourth-order valence-corrected chi connectivity index (χ4v) is 1.76. The molecule has 0 saturated heterocycles. The third kappa shape index (κ3) is 2.73. The van der Waals surface area contributed by atoms with Crippen LogP contribution in [0.2, 0.25) is 0 Å². The highest BCUT2D eigenvalue weighted by Crippen LogP contribution is 2.24. The molecule has 0 aliphatic heterocycles. The summed E-state index contributed by atoms with van der Waals surface area (Å²) in [5, 5.41) is 3.78. The van der Waals surface area contributed by atoms with Crippen LogP contribution in [0.5, 0.6) is 0 Å². The molecule has 1 aromatic carbocycles. The Morgan fingerprint density at radius 1 is 1.22 bits per heavy atom. The summed E-state index contributed by atoms with van der Waals surface area (Å²) >= 11 is 0. The SMILES string of the molecule is CCCC(N)c1cc(-c2cc(F)cc(F)c2)no1. The topological polar surface area (TPSA) is 52.0 Å². The highest BCUT2D eigenvalue weighted by atomic mass is 19.1. The molecular formula is C13H14F2N2O. The number of hydrogen-bond donors (Lipinski definition) is 1. The van der Waals surface area contributed by atoms with Crippen LogP contribution in [0.1, 0.15) is 31.6 Å². The molecule has 1 aromatic heterocycles. The highest BCUT2D eigenvalue weighted by molar-refractivity contribution is 5.59. The normalized spacial score (nSPS) is 12.7. The third-order valence-corrected chi connectivity index (χ3v) is 2.65. The van der Waals surface area contributed by atoms with Gasteiger partial charge >= 0.3 is 0 Å².